The maximum absolute atomic E-state index is 12.0. The maximum atomic E-state index is 12.0. The van der Waals surface area contributed by atoms with Gasteiger partial charge in [-0.2, -0.15) is 0 Å². The van der Waals surface area contributed by atoms with Gasteiger partial charge in [-0.25, -0.2) is 4.98 Å². The van der Waals surface area contributed by atoms with E-state index in [-0.39, 0.29) is 5.91 Å². The lowest BCUT2D eigenvalue weighted by Gasteiger charge is -2.11. The smallest absolute Gasteiger partial charge is 0.253 e. The zero-order valence-electron chi connectivity index (χ0n) is 13.3. The molecule has 2 aromatic carbocycles. The fourth-order valence-electron chi connectivity index (χ4n) is 2.48. The lowest BCUT2D eigenvalue weighted by molar-refractivity contribution is 0.0827. The molecule has 0 aliphatic carbocycles. The van der Waals surface area contributed by atoms with E-state index in [1.807, 2.05) is 48.5 Å². The number of fused-ring (bicyclic) bond motifs is 1. The number of nitrogens with one attached hydrogen (secondary N) is 2. The van der Waals surface area contributed by atoms with Crippen molar-refractivity contribution in [1.29, 1.82) is 0 Å². The Morgan fingerprint density at radius 2 is 2.00 bits per heavy atom. The molecule has 3 rings (SSSR count). The molecule has 5 nitrogen and oxygen atoms in total. The van der Waals surface area contributed by atoms with Gasteiger partial charge in [0, 0.05) is 26.2 Å². The Morgan fingerprint density at radius 1 is 1.17 bits per heavy atom. The number of anilines is 1. The molecule has 1 heterocycles. The summed E-state index contributed by atoms with van der Waals surface area (Å²) in [5.74, 6) is 0.795. The van der Waals surface area contributed by atoms with E-state index in [1.165, 1.54) is 0 Å². The van der Waals surface area contributed by atoms with E-state index in [9.17, 15) is 4.79 Å². The molecule has 2 N–H and O–H groups in total. The number of para-hydroxylation sites is 2. The first-order valence-corrected chi connectivity index (χ1v) is 7.63. The second-order valence-corrected chi connectivity index (χ2v) is 5.68. The summed E-state index contributed by atoms with van der Waals surface area (Å²) >= 11 is 0. The molecule has 0 saturated heterocycles. The highest BCUT2D eigenvalue weighted by Crippen LogP contribution is 2.13. The van der Waals surface area contributed by atoms with Gasteiger partial charge in [0.05, 0.1) is 11.0 Å². The Labute approximate surface area is 135 Å². The first kappa shape index (κ1) is 15.1. The van der Waals surface area contributed by atoms with Gasteiger partial charge in [-0.15, -0.1) is 0 Å². The molecule has 0 aliphatic rings. The third-order valence-corrected chi connectivity index (χ3v) is 3.68. The van der Waals surface area contributed by atoms with E-state index < -0.39 is 0 Å². The van der Waals surface area contributed by atoms with Gasteiger partial charge in [-0.05, 0) is 36.2 Å². The number of H-pyrrole nitrogens is 1. The Hall–Kier alpha value is -2.82. The van der Waals surface area contributed by atoms with E-state index in [0.29, 0.717) is 0 Å². The number of nitrogens with zero attached hydrogens (tertiary/aromatic N) is 2. The van der Waals surface area contributed by atoms with Crippen molar-refractivity contribution in [2.45, 2.75) is 6.42 Å². The van der Waals surface area contributed by atoms with Crippen molar-refractivity contribution in [2.75, 3.05) is 26.0 Å². The van der Waals surface area contributed by atoms with E-state index in [0.717, 1.165) is 41.1 Å². The normalized spacial score (nSPS) is 10.7. The van der Waals surface area contributed by atoms with E-state index >= 15 is 0 Å². The van der Waals surface area contributed by atoms with Crippen LogP contribution in [0.15, 0.2) is 48.5 Å². The standard InChI is InChI=1S/C18H20N4O/c1-22(2)17(23)14-7-5-6-13(12-14)10-11-19-18-20-15-8-3-4-9-16(15)21-18/h3-9,12H,10-11H2,1-2H3,(H2,19,20,21). The lowest BCUT2D eigenvalue weighted by atomic mass is 10.1. The van der Waals surface area contributed by atoms with Crippen molar-refractivity contribution < 1.29 is 4.79 Å². The molecule has 0 unspecified atom stereocenters. The summed E-state index contributed by atoms with van der Waals surface area (Å²) in [7, 11) is 3.52. The molecule has 0 fully saturated rings. The highest BCUT2D eigenvalue weighted by molar-refractivity contribution is 5.94. The molecule has 1 amide bonds. The minimum absolute atomic E-state index is 0.0251. The van der Waals surface area contributed by atoms with Gasteiger partial charge in [0.1, 0.15) is 0 Å². The first-order valence-electron chi connectivity index (χ1n) is 7.63. The predicted octanol–water partition coefficient (Wildman–Crippen LogP) is 2.92. The summed E-state index contributed by atoms with van der Waals surface area (Å²) in [6.45, 7) is 0.749. The van der Waals surface area contributed by atoms with Gasteiger partial charge in [0.2, 0.25) is 5.95 Å². The van der Waals surface area contributed by atoms with Crippen molar-refractivity contribution in [3.63, 3.8) is 0 Å². The molecular weight excluding hydrogens is 288 g/mol. The average Bonchev–Trinajstić information content (AvgIpc) is 2.97. The lowest BCUT2D eigenvalue weighted by Crippen LogP contribution is -2.21. The molecule has 3 aromatic rings. The molecule has 5 heteroatoms. The third-order valence-electron chi connectivity index (χ3n) is 3.68. The van der Waals surface area contributed by atoms with E-state index in [1.54, 1.807) is 19.0 Å². The van der Waals surface area contributed by atoms with E-state index in [4.69, 9.17) is 0 Å². The SMILES string of the molecule is CN(C)C(=O)c1cccc(CCNc2nc3ccccc3[nH]2)c1. The number of carbonyl (C=O) groups excluding carboxylic acids is 1. The van der Waals surface area contributed by atoms with Crippen LogP contribution in [0.25, 0.3) is 11.0 Å². The molecule has 0 atom stereocenters. The van der Waals surface area contributed by atoms with Crippen LogP contribution in [0.1, 0.15) is 15.9 Å². The maximum Gasteiger partial charge on any atom is 0.253 e. The highest BCUT2D eigenvalue weighted by Gasteiger charge is 2.08. The Kier molecular flexibility index (Phi) is 4.28. The molecule has 0 aliphatic heterocycles. The van der Waals surface area contributed by atoms with Crippen LogP contribution >= 0.6 is 0 Å². The number of amides is 1. The van der Waals surface area contributed by atoms with Crippen molar-refractivity contribution >= 4 is 22.9 Å². The monoisotopic (exact) mass is 308 g/mol. The van der Waals surface area contributed by atoms with Gasteiger partial charge in [-0.1, -0.05) is 24.3 Å². The average molecular weight is 308 g/mol. The number of hydrogen-bond donors (Lipinski definition) is 2. The molecule has 0 spiro atoms. The molecule has 0 bridgehead atoms. The fraction of sp³-hybridized carbons (Fsp3) is 0.222. The van der Waals surface area contributed by atoms with Crippen LogP contribution in [0.2, 0.25) is 0 Å². The zero-order valence-corrected chi connectivity index (χ0v) is 13.3. The largest absolute Gasteiger partial charge is 0.355 e. The molecule has 118 valence electrons. The first-order chi connectivity index (χ1) is 11.1. The van der Waals surface area contributed by atoms with Crippen molar-refractivity contribution in [1.82, 2.24) is 14.9 Å². The topological polar surface area (TPSA) is 61.0 Å². The van der Waals surface area contributed by atoms with Crippen LogP contribution < -0.4 is 5.32 Å². The molecular formula is C18H20N4O. The third kappa shape index (κ3) is 3.51. The Balaban J connectivity index is 1.62. The van der Waals surface area contributed by atoms with Gasteiger partial charge in [-0.3, -0.25) is 4.79 Å². The molecule has 23 heavy (non-hydrogen) atoms. The van der Waals surface area contributed by atoms with Gasteiger partial charge >= 0.3 is 0 Å². The van der Waals surface area contributed by atoms with Gasteiger partial charge in [0.15, 0.2) is 0 Å². The summed E-state index contributed by atoms with van der Waals surface area (Å²) < 4.78 is 0. The van der Waals surface area contributed by atoms with Crippen molar-refractivity contribution in [3.05, 3.63) is 59.7 Å². The second kappa shape index (κ2) is 6.52. The molecule has 0 saturated carbocycles. The Morgan fingerprint density at radius 3 is 2.78 bits per heavy atom. The predicted molar refractivity (Wildman–Crippen MR) is 92.7 cm³/mol. The number of carbonyl (C=O) groups is 1. The summed E-state index contributed by atoms with van der Waals surface area (Å²) in [4.78, 5) is 21.3. The van der Waals surface area contributed by atoms with Crippen LogP contribution in [-0.2, 0) is 6.42 Å². The number of benzene rings is 2. The minimum Gasteiger partial charge on any atom is -0.355 e. The number of hydrogen-bond acceptors (Lipinski definition) is 3. The van der Waals surface area contributed by atoms with Crippen LogP contribution in [0.4, 0.5) is 5.95 Å². The number of rotatable bonds is 5. The quantitative estimate of drug-likeness (QED) is 0.762. The minimum atomic E-state index is 0.0251. The van der Waals surface area contributed by atoms with Crippen molar-refractivity contribution in [2.24, 2.45) is 0 Å². The zero-order chi connectivity index (χ0) is 16.2. The number of aromatic nitrogens is 2. The van der Waals surface area contributed by atoms with Crippen LogP contribution in [0.5, 0.6) is 0 Å². The van der Waals surface area contributed by atoms with Gasteiger partial charge < -0.3 is 15.2 Å². The summed E-state index contributed by atoms with van der Waals surface area (Å²) in [6, 6.07) is 15.7. The summed E-state index contributed by atoms with van der Waals surface area (Å²) in [5, 5.41) is 3.29. The van der Waals surface area contributed by atoms with Crippen LogP contribution in [0.3, 0.4) is 0 Å². The van der Waals surface area contributed by atoms with E-state index in [2.05, 4.69) is 15.3 Å². The van der Waals surface area contributed by atoms with Crippen LogP contribution in [0, 0.1) is 0 Å². The summed E-state index contributed by atoms with van der Waals surface area (Å²) in [5.41, 5.74) is 3.82. The number of imidazole rings is 1. The molecule has 1 aromatic heterocycles. The highest BCUT2D eigenvalue weighted by atomic mass is 16.2. The summed E-state index contributed by atoms with van der Waals surface area (Å²) in [6.07, 6.45) is 0.825. The molecule has 0 radical (unpaired) electrons. The second-order valence-electron chi connectivity index (χ2n) is 5.68. The Bertz CT molecular complexity index is 790. The van der Waals surface area contributed by atoms with Gasteiger partial charge in [0.25, 0.3) is 5.91 Å². The van der Waals surface area contributed by atoms with Crippen LogP contribution in [-0.4, -0.2) is 41.4 Å². The fourth-order valence-corrected chi connectivity index (χ4v) is 2.48. The van der Waals surface area contributed by atoms with Crippen molar-refractivity contribution in [3.8, 4) is 0 Å². The number of aromatic amines is 1.